The molecule has 1 N–H and O–H groups in total. The summed E-state index contributed by atoms with van der Waals surface area (Å²) in [6.07, 6.45) is 2.80. The van der Waals surface area contributed by atoms with E-state index in [0.717, 1.165) is 34.6 Å². The standard InChI is InChI=1S/C16H16ClNO2S/c1-18(11-14-7-8-15(17)21-14)10-13-5-3-2-4-12(13)6-9-16(19)20/h2-9H,10-11H2,1H3,(H,19,20). The Kier molecular flexibility index (Phi) is 5.56. The first-order valence-corrected chi connectivity index (χ1v) is 7.65. The average Bonchev–Trinajstić information content (AvgIpc) is 2.83. The highest BCUT2D eigenvalue weighted by Crippen LogP contribution is 2.23. The van der Waals surface area contributed by atoms with Gasteiger partial charge in [0, 0.05) is 24.0 Å². The van der Waals surface area contributed by atoms with E-state index in [2.05, 4.69) is 4.90 Å². The van der Waals surface area contributed by atoms with Crippen molar-refractivity contribution < 1.29 is 9.90 Å². The van der Waals surface area contributed by atoms with Gasteiger partial charge in [-0.15, -0.1) is 11.3 Å². The molecule has 21 heavy (non-hydrogen) atoms. The van der Waals surface area contributed by atoms with Crippen molar-refractivity contribution in [3.05, 3.63) is 62.8 Å². The maximum absolute atomic E-state index is 10.6. The Bertz CT molecular complexity index is 651. The highest BCUT2D eigenvalue weighted by Gasteiger charge is 2.06. The lowest BCUT2D eigenvalue weighted by Crippen LogP contribution is -2.17. The molecule has 0 radical (unpaired) electrons. The van der Waals surface area contributed by atoms with E-state index in [1.54, 1.807) is 17.4 Å². The first kappa shape index (κ1) is 15.8. The molecule has 1 heterocycles. The molecule has 3 nitrogen and oxygen atoms in total. The number of carbonyl (C=O) groups is 1. The van der Waals surface area contributed by atoms with Crippen molar-refractivity contribution in [3.63, 3.8) is 0 Å². The van der Waals surface area contributed by atoms with Crippen LogP contribution in [0.25, 0.3) is 6.08 Å². The lowest BCUT2D eigenvalue weighted by molar-refractivity contribution is -0.131. The fourth-order valence-electron chi connectivity index (χ4n) is 2.05. The molecule has 0 saturated carbocycles. The van der Waals surface area contributed by atoms with E-state index in [1.807, 2.05) is 43.4 Å². The van der Waals surface area contributed by atoms with Gasteiger partial charge in [-0.1, -0.05) is 35.9 Å². The molecule has 0 aliphatic rings. The minimum atomic E-state index is -0.939. The molecular weight excluding hydrogens is 306 g/mol. The van der Waals surface area contributed by atoms with Crippen LogP contribution < -0.4 is 0 Å². The van der Waals surface area contributed by atoms with Gasteiger partial charge in [-0.2, -0.15) is 0 Å². The minimum Gasteiger partial charge on any atom is -0.478 e. The number of benzene rings is 1. The van der Waals surface area contributed by atoms with Crippen molar-refractivity contribution >= 4 is 35.0 Å². The van der Waals surface area contributed by atoms with Crippen LogP contribution in [-0.2, 0) is 17.9 Å². The summed E-state index contributed by atoms with van der Waals surface area (Å²) in [5.41, 5.74) is 2.02. The lowest BCUT2D eigenvalue weighted by atomic mass is 10.1. The van der Waals surface area contributed by atoms with Crippen molar-refractivity contribution in [2.24, 2.45) is 0 Å². The second kappa shape index (κ2) is 7.41. The van der Waals surface area contributed by atoms with Gasteiger partial charge in [0.2, 0.25) is 0 Å². The number of hydrogen-bond acceptors (Lipinski definition) is 3. The predicted octanol–water partition coefficient (Wildman–Crippen LogP) is 4.13. The monoisotopic (exact) mass is 321 g/mol. The number of nitrogens with zero attached hydrogens (tertiary/aromatic N) is 1. The summed E-state index contributed by atoms with van der Waals surface area (Å²) in [6.45, 7) is 1.56. The zero-order chi connectivity index (χ0) is 15.2. The fraction of sp³-hybridized carbons (Fsp3) is 0.188. The van der Waals surface area contributed by atoms with Crippen LogP contribution >= 0.6 is 22.9 Å². The Morgan fingerprint density at radius 2 is 2.05 bits per heavy atom. The molecule has 0 fully saturated rings. The summed E-state index contributed by atoms with van der Waals surface area (Å²) in [4.78, 5) is 14.0. The third-order valence-corrected chi connectivity index (χ3v) is 4.17. The Morgan fingerprint density at radius 3 is 2.71 bits per heavy atom. The van der Waals surface area contributed by atoms with Crippen molar-refractivity contribution in [1.29, 1.82) is 0 Å². The van der Waals surface area contributed by atoms with Crippen molar-refractivity contribution in [2.45, 2.75) is 13.1 Å². The number of carboxylic acids is 1. The van der Waals surface area contributed by atoms with Crippen LogP contribution in [0.15, 0.2) is 42.5 Å². The second-order valence-corrected chi connectivity index (χ2v) is 6.55. The average molecular weight is 322 g/mol. The van der Waals surface area contributed by atoms with E-state index in [-0.39, 0.29) is 0 Å². The number of aliphatic carboxylic acids is 1. The third-order valence-electron chi connectivity index (χ3n) is 2.96. The van der Waals surface area contributed by atoms with Crippen LogP contribution in [0.4, 0.5) is 0 Å². The van der Waals surface area contributed by atoms with E-state index in [1.165, 1.54) is 4.88 Å². The molecule has 0 bridgehead atoms. The molecule has 5 heteroatoms. The summed E-state index contributed by atoms with van der Waals surface area (Å²) < 4.78 is 0.795. The number of halogens is 1. The maximum Gasteiger partial charge on any atom is 0.328 e. The van der Waals surface area contributed by atoms with Crippen molar-refractivity contribution in [1.82, 2.24) is 4.90 Å². The largest absolute Gasteiger partial charge is 0.478 e. The van der Waals surface area contributed by atoms with E-state index in [9.17, 15) is 4.79 Å². The first-order valence-electron chi connectivity index (χ1n) is 6.46. The van der Waals surface area contributed by atoms with Crippen LogP contribution in [-0.4, -0.2) is 23.0 Å². The highest BCUT2D eigenvalue weighted by atomic mass is 35.5. The molecule has 2 aromatic rings. The molecule has 0 aliphatic heterocycles. The van der Waals surface area contributed by atoms with Gasteiger partial charge in [-0.05, 0) is 36.4 Å². The summed E-state index contributed by atoms with van der Waals surface area (Å²) in [6, 6.07) is 11.7. The van der Waals surface area contributed by atoms with Gasteiger partial charge in [-0.25, -0.2) is 4.79 Å². The Labute approximate surface area is 133 Å². The topological polar surface area (TPSA) is 40.5 Å². The normalized spacial score (nSPS) is 11.4. The molecule has 0 atom stereocenters. The molecule has 1 aromatic carbocycles. The Balaban J connectivity index is 2.06. The van der Waals surface area contributed by atoms with Crippen molar-refractivity contribution in [3.8, 4) is 0 Å². The third kappa shape index (κ3) is 5.01. The molecule has 110 valence electrons. The molecule has 2 rings (SSSR count). The van der Waals surface area contributed by atoms with Crippen LogP contribution in [0.3, 0.4) is 0 Å². The SMILES string of the molecule is CN(Cc1ccc(Cl)s1)Cc1ccccc1C=CC(=O)O. The van der Waals surface area contributed by atoms with E-state index < -0.39 is 5.97 Å². The minimum absolute atomic E-state index is 0.746. The molecule has 1 aromatic heterocycles. The maximum atomic E-state index is 10.6. The molecule has 0 amide bonds. The summed E-state index contributed by atoms with van der Waals surface area (Å²) >= 11 is 7.51. The molecule has 0 aliphatic carbocycles. The predicted molar refractivity (Wildman–Crippen MR) is 87.6 cm³/mol. The van der Waals surface area contributed by atoms with Gasteiger partial charge in [0.1, 0.15) is 0 Å². The first-order chi connectivity index (χ1) is 10.0. The van der Waals surface area contributed by atoms with Crippen LogP contribution in [0.2, 0.25) is 4.34 Å². The number of hydrogen-bond donors (Lipinski definition) is 1. The van der Waals surface area contributed by atoms with Crippen LogP contribution in [0.5, 0.6) is 0 Å². The van der Waals surface area contributed by atoms with Gasteiger partial charge in [0.05, 0.1) is 4.34 Å². The van der Waals surface area contributed by atoms with Gasteiger partial charge < -0.3 is 5.11 Å². The Hall–Kier alpha value is -1.62. The van der Waals surface area contributed by atoms with Crippen LogP contribution in [0, 0.1) is 0 Å². The quantitative estimate of drug-likeness (QED) is 0.813. The molecular formula is C16H16ClNO2S. The highest BCUT2D eigenvalue weighted by molar-refractivity contribution is 7.16. The van der Waals surface area contributed by atoms with Gasteiger partial charge >= 0.3 is 5.97 Å². The Morgan fingerprint density at radius 1 is 1.29 bits per heavy atom. The van der Waals surface area contributed by atoms with Gasteiger partial charge in [-0.3, -0.25) is 4.90 Å². The zero-order valence-corrected chi connectivity index (χ0v) is 13.2. The summed E-state index contributed by atoms with van der Waals surface area (Å²) in [7, 11) is 2.03. The lowest BCUT2D eigenvalue weighted by Gasteiger charge is -2.17. The van der Waals surface area contributed by atoms with E-state index >= 15 is 0 Å². The number of rotatable bonds is 6. The van der Waals surface area contributed by atoms with Gasteiger partial charge in [0.15, 0.2) is 0 Å². The van der Waals surface area contributed by atoms with Crippen molar-refractivity contribution in [2.75, 3.05) is 7.05 Å². The number of carboxylic acid groups (broad SMARTS) is 1. The molecule has 0 unspecified atom stereocenters. The second-order valence-electron chi connectivity index (χ2n) is 4.75. The molecule has 0 spiro atoms. The van der Waals surface area contributed by atoms with Crippen LogP contribution in [0.1, 0.15) is 16.0 Å². The summed E-state index contributed by atoms with van der Waals surface area (Å²) in [5.74, 6) is -0.939. The van der Waals surface area contributed by atoms with E-state index in [0.29, 0.717) is 0 Å². The van der Waals surface area contributed by atoms with E-state index in [4.69, 9.17) is 16.7 Å². The smallest absolute Gasteiger partial charge is 0.328 e. The fourth-order valence-corrected chi connectivity index (χ4v) is 3.22. The summed E-state index contributed by atoms with van der Waals surface area (Å²) in [5, 5.41) is 8.74. The van der Waals surface area contributed by atoms with Gasteiger partial charge in [0.25, 0.3) is 0 Å². The zero-order valence-electron chi connectivity index (χ0n) is 11.6. The molecule has 0 saturated heterocycles. The number of thiophene rings is 1.